The first-order valence-electron chi connectivity index (χ1n) is 8.25. The molecule has 0 aliphatic carbocycles. The lowest BCUT2D eigenvalue weighted by atomic mass is 10.1. The SMILES string of the molecule is CC(C)Cc1cc(C(=O)N2CC(Oc3cccc(Cl)c3)C2)nc(N)n1. The molecule has 1 aliphatic heterocycles. The van der Waals surface area contributed by atoms with Gasteiger partial charge in [0.2, 0.25) is 5.95 Å². The molecule has 0 atom stereocenters. The molecule has 0 bridgehead atoms. The summed E-state index contributed by atoms with van der Waals surface area (Å²) < 4.78 is 5.81. The van der Waals surface area contributed by atoms with E-state index in [4.69, 9.17) is 22.1 Å². The molecule has 7 heteroatoms. The fraction of sp³-hybridized carbons (Fsp3) is 0.389. The van der Waals surface area contributed by atoms with Gasteiger partial charge in [-0.05, 0) is 36.6 Å². The van der Waals surface area contributed by atoms with Crippen LogP contribution in [0.4, 0.5) is 5.95 Å². The predicted octanol–water partition coefficient (Wildman–Crippen LogP) is 2.81. The monoisotopic (exact) mass is 360 g/mol. The van der Waals surface area contributed by atoms with Gasteiger partial charge in [0.15, 0.2) is 0 Å². The molecule has 0 unspecified atom stereocenters. The average Bonchev–Trinajstić information content (AvgIpc) is 2.48. The molecule has 6 nitrogen and oxygen atoms in total. The molecule has 1 fully saturated rings. The molecule has 0 radical (unpaired) electrons. The smallest absolute Gasteiger partial charge is 0.272 e. The molecule has 1 saturated heterocycles. The van der Waals surface area contributed by atoms with Crippen molar-refractivity contribution in [2.75, 3.05) is 18.8 Å². The summed E-state index contributed by atoms with van der Waals surface area (Å²) in [4.78, 5) is 22.5. The summed E-state index contributed by atoms with van der Waals surface area (Å²) in [5.74, 6) is 1.12. The van der Waals surface area contributed by atoms with Crippen LogP contribution in [-0.2, 0) is 6.42 Å². The highest BCUT2D eigenvalue weighted by Crippen LogP contribution is 2.22. The van der Waals surface area contributed by atoms with Crippen molar-refractivity contribution in [1.29, 1.82) is 0 Å². The van der Waals surface area contributed by atoms with Gasteiger partial charge >= 0.3 is 0 Å². The van der Waals surface area contributed by atoms with Crippen molar-refractivity contribution in [2.24, 2.45) is 5.92 Å². The van der Waals surface area contributed by atoms with Crippen LogP contribution in [0.2, 0.25) is 5.02 Å². The lowest BCUT2D eigenvalue weighted by molar-refractivity contribution is 0.0173. The second-order valence-corrected chi connectivity index (χ2v) is 7.04. The van der Waals surface area contributed by atoms with E-state index in [9.17, 15) is 4.79 Å². The summed E-state index contributed by atoms with van der Waals surface area (Å²) in [5.41, 5.74) is 6.87. The molecule has 0 spiro atoms. The van der Waals surface area contributed by atoms with E-state index >= 15 is 0 Å². The average molecular weight is 361 g/mol. The number of rotatable bonds is 5. The Labute approximate surface area is 152 Å². The molecule has 3 rings (SSSR count). The van der Waals surface area contributed by atoms with E-state index in [0.717, 1.165) is 12.1 Å². The molecule has 1 aromatic heterocycles. The van der Waals surface area contributed by atoms with Crippen LogP contribution in [0.5, 0.6) is 5.75 Å². The molecule has 132 valence electrons. The van der Waals surface area contributed by atoms with Crippen LogP contribution in [0.3, 0.4) is 0 Å². The highest BCUT2D eigenvalue weighted by molar-refractivity contribution is 6.30. The topological polar surface area (TPSA) is 81.3 Å². The summed E-state index contributed by atoms with van der Waals surface area (Å²) in [7, 11) is 0. The second-order valence-electron chi connectivity index (χ2n) is 6.61. The van der Waals surface area contributed by atoms with E-state index in [1.165, 1.54) is 0 Å². The molecule has 1 aliphatic rings. The maximum atomic E-state index is 12.6. The lowest BCUT2D eigenvalue weighted by Gasteiger charge is -2.38. The lowest BCUT2D eigenvalue weighted by Crippen LogP contribution is -2.56. The molecule has 2 aromatic rings. The summed E-state index contributed by atoms with van der Waals surface area (Å²) in [5, 5.41) is 0.624. The number of amides is 1. The third-order valence-electron chi connectivity index (χ3n) is 3.87. The maximum Gasteiger partial charge on any atom is 0.272 e. The molecule has 0 saturated carbocycles. The number of benzene rings is 1. The Kier molecular flexibility index (Phi) is 5.08. The third kappa shape index (κ3) is 4.39. The zero-order chi connectivity index (χ0) is 18.0. The molecule has 25 heavy (non-hydrogen) atoms. The Balaban J connectivity index is 1.61. The quantitative estimate of drug-likeness (QED) is 0.886. The Morgan fingerprint density at radius 1 is 1.36 bits per heavy atom. The number of nitrogens with two attached hydrogens (primary N) is 1. The van der Waals surface area contributed by atoms with Gasteiger partial charge in [-0.3, -0.25) is 4.79 Å². The van der Waals surface area contributed by atoms with Crippen LogP contribution in [0.1, 0.15) is 30.0 Å². The summed E-state index contributed by atoms with van der Waals surface area (Å²) in [6.45, 7) is 5.20. The van der Waals surface area contributed by atoms with Crippen LogP contribution < -0.4 is 10.5 Å². The van der Waals surface area contributed by atoms with Crippen molar-refractivity contribution < 1.29 is 9.53 Å². The first-order valence-corrected chi connectivity index (χ1v) is 8.63. The van der Waals surface area contributed by atoms with Gasteiger partial charge in [0.25, 0.3) is 5.91 Å². The van der Waals surface area contributed by atoms with Gasteiger partial charge in [-0.25, -0.2) is 9.97 Å². The number of carbonyl (C=O) groups is 1. The van der Waals surface area contributed by atoms with Crippen molar-refractivity contribution in [2.45, 2.75) is 26.4 Å². The van der Waals surface area contributed by atoms with Gasteiger partial charge in [-0.1, -0.05) is 31.5 Å². The predicted molar refractivity (Wildman–Crippen MR) is 96.8 cm³/mol. The molecule has 2 heterocycles. The van der Waals surface area contributed by atoms with E-state index in [1.807, 2.05) is 12.1 Å². The van der Waals surface area contributed by atoms with Crippen LogP contribution >= 0.6 is 11.6 Å². The molecule has 1 aromatic carbocycles. The number of hydrogen-bond acceptors (Lipinski definition) is 5. The van der Waals surface area contributed by atoms with Crippen molar-refractivity contribution in [3.8, 4) is 5.75 Å². The third-order valence-corrected chi connectivity index (χ3v) is 4.10. The van der Waals surface area contributed by atoms with Gasteiger partial charge in [0, 0.05) is 10.7 Å². The van der Waals surface area contributed by atoms with E-state index in [1.54, 1.807) is 23.1 Å². The summed E-state index contributed by atoms with van der Waals surface area (Å²) in [6.07, 6.45) is 0.713. The first kappa shape index (κ1) is 17.5. The minimum Gasteiger partial charge on any atom is -0.487 e. The minimum atomic E-state index is -0.148. The van der Waals surface area contributed by atoms with Gasteiger partial charge in [-0.2, -0.15) is 0 Å². The van der Waals surface area contributed by atoms with E-state index in [2.05, 4.69) is 23.8 Å². The van der Waals surface area contributed by atoms with Crippen molar-refractivity contribution in [1.82, 2.24) is 14.9 Å². The van der Waals surface area contributed by atoms with Crippen LogP contribution in [0.15, 0.2) is 30.3 Å². The van der Waals surface area contributed by atoms with Crippen LogP contribution in [0.25, 0.3) is 0 Å². The van der Waals surface area contributed by atoms with Crippen molar-refractivity contribution >= 4 is 23.5 Å². The van der Waals surface area contributed by atoms with E-state index in [0.29, 0.717) is 35.5 Å². The minimum absolute atomic E-state index is 0.0447. The fourth-order valence-electron chi connectivity index (χ4n) is 2.72. The summed E-state index contributed by atoms with van der Waals surface area (Å²) in [6, 6.07) is 8.96. The van der Waals surface area contributed by atoms with Gasteiger partial charge in [0.05, 0.1) is 13.1 Å². The standard InChI is InChI=1S/C18H21ClN4O2/c1-11(2)6-13-8-16(22-18(20)21-13)17(24)23-9-15(10-23)25-14-5-3-4-12(19)7-14/h3-5,7-8,11,15H,6,9-10H2,1-2H3,(H2,20,21,22). The Bertz CT molecular complexity index is 775. The summed E-state index contributed by atoms with van der Waals surface area (Å²) >= 11 is 5.94. The number of ether oxygens (including phenoxy) is 1. The van der Waals surface area contributed by atoms with Crippen LogP contribution in [-0.4, -0.2) is 40.0 Å². The number of nitrogen functional groups attached to an aromatic ring is 1. The van der Waals surface area contributed by atoms with Crippen molar-refractivity contribution in [3.63, 3.8) is 0 Å². The Morgan fingerprint density at radius 3 is 2.80 bits per heavy atom. The number of likely N-dealkylation sites (tertiary alicyclic amines) is 1. The maximum absolute atomic E-state index is 12.6. The first-order chi connectivity index (χ1) is 11.9. The zero-order valence-electron chi connectivity index (χ0n) is 14.3. The number of aromatic nitrogens is 2. The molecular weight excluding hydrogens is 340 g/mol. The normalized spacial score (nSPS) is 14.5. The molecule has 2 N–H and O–H groups in total. The van der Waals surface area contributed by atoms with E-state index < -0.39 is 0 Å². The highest BCUT2D eigenvalue weighted by Gasteiger charge is 2.33. The van der Waals surface area contributed by atoms with Crippen LogP contribution in [0, 0.1) is 5.92 Å². The van der Waals surface area contributed by atoms with Gasteiger partial charge < -0.3 is 15.4 Å². The largest absolute Gasteiger partial charge is 0.487 e. The van der Waals surface area contributed by atoms with E-state index in [-0.39, 0.29) is 18.0 Å². The Hall–Kier alpha value is -2.34. The number of halogens is 1. The molecule has 1 amide bonds. The number of hydrogen-bond donors (Lipinski definition) is 1. The molecular formula is C18H21ClN4O2. The van der Waals surface area contributed by atoms with Gasteiger partial charge in [-0.15, -0.1) is 0 Å². The Morgan fingerprint density at radius 2 is 2.12 bits per heavy atom. The zero-order valence-corrected chi connectivity index (χ0v) is 15.0. The highest BCUT2D eigenvalue weighted by atomic mass is 35.5. The number of nitrogens with zero attached hydrogens (tertiary/aromatic N) is 3. The number of carbonyl (C=O) groups excluding carboxylic acids is 1. The van der Waals surface area contributed by atoms with Gasteiger partial charge in [0.1, 0.15) is 17.5 Å². The fourth-order valence-corrected chi connectivity index (χ4v) is 2.90. The van der Waals surface area contributed by atoms with Crippen molar-refractivity contribution in [3.05, 3.63) is 46.7 Å². The second kappa shape index (κ2) is 7.27. The number of anilines is 1.